The van der Waals surface area contributed by atoms with E-state index in [2.05, 4.69) is 17.9 Å². The Morgan fingerprint density at radius 1 is 1.04 bits per heavy atom. The topological polar surface area (TPSA) is 145 Å². The Morgan fingerprint density at radius 3 is 2.22 bits per heavy atom. The average Bonchev–Trinajstić information content (AvgIpc) is 2.63. The molecule has 0 aliphatic heterocycles. The molecule has 0 fully saturated rings. The molecule has 0 saturated carbocycles. The van der Waals surface area contributed by atoms with E-state index < -0.39 is 4.92 Å². The van der Waals surface area contributed by atoms with Crippen LogP contribution in [0.2, 0.25) is 0 Å². The van der Waals surface area contributed by atoms with E-state index in [1.807, 2.05) is 19.1 Å². The van der Waals surface area contributed by atoms with Crippen LogP contribution in [-0.2, 0) is 0 Å². The van der Waals surface area contributed by atoms with E-state index in [0.717, 1.165) is 36.3 Å². The minimum atomic E-state index is -0.518. The predicted octanol–water partition coefficient (Wildman–Crippen LogP) is 2.94. The molecule has 0 aliphatic rings. The Hall–Kier alpha value is -3.00. The van der Waals surface area contributed by atoms with Crippen molar-refractivity contribution in [2.45, 2.75) is 26.7 Å². The first-order chi connectivity index (χ1) is 12.8. The maximum Gasteiger partial charge on any atom is 0.271 e. The van der Waals surface area contributed by atoms with E-state index in [1.54, 1.807) is 0 Å². The van der Waals surface area contributed by atoms with Crippen molar-refractivity contribution in [3.05, 3.63) is 52.1 Å². The van der Waals surface area contributed by atoms with Gasteiger partial charge >= 0.3 is 0 Å². The molecular weight excluding hydrogens is 346 g/mol. The molecular formula is C19H29N5O3. The minimum absolute atomic E-state index is 0.0447. The SMILES string of the molecule is CCCCN(CCO)c1ccc(N)c(C)c1.Nc1ccc([N+](=O)[O-])cc1N. The molecule has 7 N–H and O–H groups in total. The summed E-state index contributed by atoms with van der Waals surface area (Å²) < 4.78 is 0. The second kappa shape index (κ2) is 10.9. The van der Waals surface area contributed by atoms with Crippen molar-refractivity contribution in [1.29, 1.82) is 0 Å². The minimum Gasteiger partial charge on any atom is -0.399 e. The van der Waals surface area contributed by atoms with Gasteiger partial charge in [-0.3, -0.25) is 10.1 Å². The zero-order valence-corrected chi connectivity index (χ0v) is 15.9. The molecule has 2 aromatic rings. The summed E-state index contributed by atoms with van der Waals surface area (Å²) in [5, 5.41) is 19.2. The molecule has 2 aromatic carbocycles. The van der Waals surface area contributed by atoms with Crippen LogP contribution >= 0.6 is 0 Å². The molecule has 8 nitrogen and oxygen atoms in total. The fourth-order valence-electron chi connectivity index (χ4n) is 2.37. The number of nitrogen functional groups attached to an aromatic ring is 3. The number of aryl methyl sites for hydroxylation is 1. The van der Waals surface area contributed by atoms with Crippen molar-refractivity contribution in [1.82, 2.24) is 0 Å². The predicted molar refractivity (Wildman–Crippen MR) is 112 cm³/mol. The van der Waals surface area contributed by atoms with E-state index >= 15 is 0 Å². The lowest BCUT2D eigenvalue weighted by molar-refractivity contribution is -0.384. The largest absolute Gasteiger partial charge is 0.399 e. The molecule has 0 radical (unpaired) electrons. The van der Waals surface area contributed by atoms with Gasteiger partial charge in [-0.1, -0.05) is 13.3 Å². The maximum atomic E-state index is 10.2. The Morgan fingerprint density at radius 2 is 1.70 bits per heavy atom. The highest BCUT2D eigenvalue weighted by atomic mass is 16.6. The standard InChI is InChI=1S/C13H22N2O.C6H7N3O2/c1-3-4-7-15(8-9-16)12-5-6-13(14)11(2)10-12;7-5-2-1-4(9(10)11)3-6(5)8/h5-6,10,16H,3-4,7-9,14H2,1-2H3;1-3H,7-8H2. The first-order valence-electron chi connectivity index (χ1n) is 8.81. The molecule has 148 valence electrons. The maximum absolute atomic E-state index is 10.2. The number of rotatable bonds is 7. The molecule has 0 bridgehead atoms. The van der Waals surface area contributed by atoms with Crippen molar-refractivity contribution < 1.29 is 10.0 Å². The van der Waals surface area contributed by atoms with Crippen LogP contribution < -0.4 is 22.1 Å². The number of non-ortho nitro benzene ring substituents is 1. The summed E-state index contributed by atoms with van der Waals surface area (Å²) in [6, 6.07) is 9.99. The molecule has 0 amide bonds. The van der Waals surface area contributed by atoms with Gasteiger partial charge in [-0.15, -0.1) is 0 Å². The molecule has 0 atom stereocenters. The van der Waals surface area contributed by atoms with Gasteiger partial charge in [-0.05, 0) is 43.2 Å². The molecule has 0 unspecified atom stereocenters. The van der Waals surface area contributed by atoms with Crippen LogP contribution in [0.5, 0.6) is 0 Å². The van der Waals surface area contributed by atoms with Gasteiger partial charge in [0.15, 0.2) is 0 Å². The van der Waals surface area contributed by atoms with Crippen LogP contribution in [0.3, 0.4) is 0 Å². The summed E-state index contributed by atoms with van der Waals surface area (Å²) in [4.78, 5) is 11.9. The van der Waals surface area contributed by atoms with Gasteiger partial charge in [0.2, 0.25) is 0 Å². The van der Waals surface area contributed by atoms with Gasteiger partial charge in [-0.2, -0.15) is 0 Å². The van der Waals surface area contributed by atoms with E-state index in [0.29, 0.717) is 12.2 Å². The monoisotopic (exact) mass is 375 g/mol. The number of nitrogens with zero attached hydrogens (tertiary/aromatic N) is 2. The zero-order chi connectivity index (χ0) is 20.4. The van der Waals surface area contributed by atoms with Gasteiger partial charge in [0, 0.05) is 36.6 Å². The normalized spacial score (nSPS) is 10.0. The number of hydrogen-bond acceptors (Lipinski definition) is 7. The van der Waals surface area contributed by atoms with Gasteiger partial charge in [0.1, 0.15) is 0 Å². The number of aliphatic hydroxyl groups is 1. The molecule has 0 heterocycles. The van der Waals surface area contributed by atoms with Gasteiger partial charge in [-0.25, -0.2) is 0 Å². The lowest BCUT2D eigenvalue weighted by Gasteiger charge is -2.24. The van der Waals surface area contributed by atoms with Crippen LogP contribution in [0.15, 0.2) is 36.4 Å². The Balaban J connectivity index is 0.000000289. The summed E-state index contributed by atoms with van der Waals surface area (Å²) in [6.45, 7) is 6.04. The van der Waals surface area contributed by atoms with E-state index in [9.17, 15) is 10.1 Å². The molecule has 0 saturated heterocycles. The molecule has 0 aromatic heterocycles. The molecule has 0 aliphatic carbocycles. The zero-order valence-electron chi connectivity index (χ0n) is 15.9. The lowest BCUT2D eigenvalue weighted by atomic mass is 10.1. The highest BCUT2D eigenvalue weighted by Crippen LogP contribution is 2.21. The van der Waals surface area contributed by atoms with E-state index in [4.69, 9.17) is 22.3 Å². The Kier molecular flexibility index (Phi) is 8.87. The number of hydrogen-bond donors (Lipinski definition) is 4. The number of anilines is 4. The number of nitro groups is 1. The number of aliphatic hydroxyl groups excluding tert-OH is 1. The Labute approximate surface area is 159 Å². The van der Waals surface area contributed by atoms with E-state index in [1.165, 1.54) is 18.2 Å². The first kappa shape index (κ1) is 22.0. The highest BCUT2D eigenvalue weighted by molar-refractivity contribution is 5.66. The highest BCUT2D eigenvalue weighted by Gasteiger charge is 2.07. The average molecular weight is 375 g/mol. The lowest BCUT2D eigenvalue weighted by Crippen LogP contribution is -2.27. The third-order valence-corrected chi connectivity index (χ3v) is 4.05. The summed E-state index contributed by atoms with van der Waals surface area (Å²) in [5.74, 6) is 0. The Bertz CT molecular complexity index is 752. The smallest absolute Gasteiger partial charge is 0.271 e. The summed E-state index contributed by atoms with van der Waals surface area (Å²) in [6.07, 6.45) is 2.30. The second-order valence-electron chi connectivity index (χ2n) is 6.18. The van der Waals surface area contributed by atoms with Gasteiger partial charge in [0.05, 0.1) is 22.9 Å². The van der Waals surface area contributed by atoms with Crippen LogP contribution in [0.25, 0.3) is 0 Å². The van der Waals surface area contributed by atoms with Crippen LogP contribution in [0, 0.1) is 17.0 Å². The van der Waals surface area contributed by atoms with Crippen LogP contribution in [-0.4, -0.2) is 29.7 Å². The fraction of sp³-hybridized carbons (Fsp3) is 0.368. The number of unbranched alkanes of at least 4 members (excludes halogenated alkanes) is 1. The van der Waals surface area contributed by atoms with Gasteiger partial charge in [0.25, 0.3) is 5.69 Å². The first-order valence-corrected chi connectivity index (χ1v) is 8.81. The summed E-state index contributed by atoms with van der Waals surface area (Å²) in [5.41, 5.74) is 20.1. The van der Waals surface area contributed by atoms with E-state index in [-0.39, 0.29) is 18.0 Å². The summed E-state index contributed by atoms with van der Waals surface area (Å²) in [7, 11) is 0. The van der Waals surface area contributed by atoms with Crippen LogP contribution in [0.1, 0.15) is 25.3 Å². The molecule has 2 rings (SSSR count). The van der Waals surface area contributed by atoms with Crippen molar-refractivity contribution >= 4 is 28.4 Å². The van der Waals surface area contributed by atoms with Crippen molar-refractivity contribution in [3.63, 3.8) is 0 Å². The molecule has 0 spiro atoms. The number of nitro benzene ring substituents is 1. The third-order valence-electron chi connectivity index (χ3n) is 4.05. The second-order valence-corrected chi connectivity index (χ2v) is 6.18. The van der Waals surface area contributed by atoms with Gasteiger partial charge < -0.3 is 27.2 Å². The van der Waals surface area contributed by atoms with Crippen molar-refractivity contribution in [2.75, 3.05) is 41.8 Å². The fourth-order valence-corrected chi connectivity index (χ4v) is 2.37. The number of nitrogens with two attached hydrogens (primary N) is 3. The van der Waals surface area contributed by atoms with Crippen molar-refractivity contribution in [3.8, 4) is 0 Å². The number of benzene rings is 2. The summed E-state index contributed by atoms with van der Waals surface area (Å²) >= 11 is 0. The van der Waals surface area contributed by atoms with Crippen LogP contribution in [0.4, 0.5) is 28.4 Å². The molecule has 27 heavy (non-hydrogen) atoms. The molecule has 8 heteroatoms. The van der Waals surface area contributed by atoms with Crippen molar-refractivity contribution in [2.24, 2.45) is 0 Å². The quantitative estimate of drug-likeness (QED) is 0.331. The third kappa shape index (κ3) is 7.02.